The minimum atomic E-state index is -3.93. The molecule has 148 valence electrons. The van der Waals surface area contributed by atoms with Crippen LogP contribution in [0.3, 0.4) is 0 Å². The van der Waals surface area contributed by atoms with E-state index in [1.807, 2.05) is 29.8 Å². The third-order valence-corrected chi connectivity index (χ3v) is 6.58. The number of ether oxygens (including phenoxy) is 1. The molecule has 3 aromatic rings. The van der Waals surface area contributed by atoms with Crippen molar-refractivity contribution in [2.24, 2.45) is 0 Å². The van der Waals surface area contributed by atoms with Gasteiger partial charge in [-0.3, -0.25) is 4.79 Å². The van der Waals surface area contributed by atoms with Gasteiger partial charge < -0.3 is 9.30 Å². The second-order valence-corrected chi connectivity index (χ2v) is 8.39. The number of benzene rings is 2. The van der Waals surface area contributed by atoms with Crippen molar-refractivity contribution in [1.29, 1.82) is 0 Å². The van der Waals surface area contributed by atoms with Gasteiger partial charge in [0.05, 0.1) is 11.5 Å². The Labute approximate surface area is 165 Å². The highest BCUT2D eigenvalue weighted by Gasteiger charge is 2.29. The van der Waals surface area contributed by atoms with Crippen LogP contribution in [0.25, 0.3) is 10.9 Å². The molecule has 0 saturated carbocycles. The minimum absolute atomic E-state index is 0.0514. The van der Waals surface area contributed by atoms with Gasteiger partial charge in [-0.05, 0) is 44.2 Å². The molecule has 0 spiro atoms. The lowest BCUT2D eigenvalue weighted by molar-refractivity contribution is 0.0868. The molecule has 1 aromatic heterocycles. The highest BCUT2D eigenvalue weighted by atomic mass is 32.2. The Morgan fingerprint density at radius 1 is 1.11 bits per heavy atom. The van der Waals surface area contributed by atoms with E-state index in [1.165, 1.54) is 12.1 Å². The van der Waals surface area contributed by atoms with Gasteiger partial charge in [0, 0.05) is 42.9 Å². The van der Waals surface area contributed by atoms with Crippen molar-refractivity contribution in [2.45, 2.75) is 25.3 Å². The molecule has 0 N–H and O–H groups in total. The fraction of sp³-hybridized carbons (Fsp3) is 0.286. The molecular weight excluding hydrogens is 376 g/mol. The van der Waals surface area contributed by atoms with Crippen LogP contribution in [0.15, 0.2) is 59.6 Å². The lowest BCUT2D eigenvalue weighted by Gasteiger charge is -2.21. The predicted molar refractivity (Wildman–Crippen MR) is 109 cm³/mol. The fourth-order valence-corrected chi connectivity index (χ4v) is 4.58. The molecule has 0 atom stereocenters. The Hall–Kier alpha value is -2.64. The monoisotopic (exact) mass is 400 g/mol. The van der Waals surface area contributed by atoms with Crippen molar-refractivity contribution in [3.05, 3.63) is 65.9 Å². The summed E-state index contributed by atoms with van der Waals surface area (Å²) in [6.45, 7) is 4.79. The lowest BCUT2D eigenvalue weighted by atomic mass is 10.1. The third kappa shape index (κ3) is 3.68. The Bertz CT molecular complexity index is 1090. The Morgan fingerprint density at radius 3 is 2.46 bits per heavy atom. The average molecular weight is 401 g/mol. The van der Waals surface area contributed by atoms with Crippen LogP contribution in [-0.4, -0.2) is 43.5 Å². The van der Waals surface area contributed by atoms with Crippen LogP contribution in [0, 0.1) is 6.92 Å². The molecule has 0 saturated heterocycles. The van der Waals surface area contributed by atoms with Crippen LogP contribution in [0.5, 0.6) is 0 Å². The van der Waals surface area contributed by atoms with Gasteiger partial charge in [0.15, 0.2) is 0 Å². The van der Waals surface area contributed by atoms with E-state index in [0.717, 1.165) is 20.8 Å². The van der Waals surface area contributed by atoms with E-state index in [-0.39, 0.29) is 11.4 Å². The Morgan fingerprint density at radius 2 is 1.82 bits per heavy atom. The van der Waals surface area contributed by atoms with E-state index in [0.29, 0.717) is 18.7 Å². The van der Waals surface area contributed by atoms with Gasteiger partial charge in [0.2, 0.25) is 0 Å². The molecule has 0 fully saturated rings. The number of nitrogens with zero attached hydrogens (tertiary/aromatic N) is 2. The second kappa shape index (κ2) is 8.16. The zero-order valence-corrected chi connectivity index (χ0v) is 17.1. The maximum atomic E-state index is 13.2. The molecular formula is C21H24N2O4S. The van der Waals surface area contributed by atoms with Gasteiger partial charge in [0.25, 0.3) is 15.9 Å². The van der Waals surface area contributed by atoms with Gasteiger partial charge in [0.1, 0.15) is 0 Å². The maximum Gasteiger partial charge on any atom is 0.268 e. The molecule has 0 aliphatic rings. The number of rotatable bonds is 7. The van der Waals surface area contributed by atoms with E-state index >= 15 is 0 Å². The highest BCUT2D eigenvalue weighted by molar-refractivity contribution is 7.89. The number of methoxy groups -OCH3 is 1. The number of carbonyl (C=O) groups is 1. The second-order valence-electron chi connectivity index (χ2n) is 6.53. The molecule has 28 heavy (non-hydrogen) atoms. The maximum absolute atomic E-state index is 13.2. The Kier molecular flexibility index (Phi) is 5.86. The van der Waals surface area contributed by atoms with E-state index in [9.17, 15) is 13.2 Å². The van der Waals surface area contributed by atoms with Crippen molar-refractivity contribution < 1.29 is 17.9 Å². The van der Waals surface area contributed by atoms with Gasteiger partial charge in [-0.15, -0.1) is 0 Å². The van der Waals surface area contributed by atoms with E-state index in [2.05, 4.69) is 0 Å². The number of hydrogen-bond acceptors (Lipinski definition) is 4. The van der Waals surface area contributed by atoms with E-state index in [1.54, 1.807) is 38.3 Å². The molecule has 0 aliphatic carbocycles. The van der Waals surface area contributed by atoms with Gasteiger partial charge in [-0.2, -0.15) is 0 Å². The van der Waals surface area contributed by atoms with Gasteiger partial charge in [-0.1, -0.05) is 23.8 Å². The predicted octanol–water partition coefficient (Wildman–Crippen LogP) is 3.45. The summed E-state index contributed by atoms with van der Waals surface area (Å²) in [5.41, 5.74) is 2.19. The topological polar surface area (TPSA) is 68.6 Å². The van der Waals surface area contributed by atoms with Crippen molar-refractivity contribution in [3.8, 4) is 0 Å². The fourth-order valence-electron chi connectivity index (χ4n) is 3.19. The SMILES string of the molecule is CCN(C(=O)c1cccc2c1ccn2CCOC)S(=O)(=O)c1ccc(C)cc1. The number of sulfonamides is 1. The molecule has 6 nitrogen and oxygen atoms in total. The highest BCUT2D eigenvalue weighted by Crippen LogP contribution is 2.25. The van der Waals surface area contributed by atoms with Crippen LogP contribution >= 0.6 is 0 Å². The molecule has 1 heterocycles. The molecule has 7 heteroatoms. The first-order valence-electron chi connectivity index (χ1n) is 9.10. The Balaban J connectivity index is 2.02. The van der Waals surface area contributed by atoms with E-state index < -0.39 is 15.9 Å². The molecule has 1 amide bonds. The van der Waals surface area contributed by atoms with Crippen LogP contribution in [0.1, 0.15) is 22.8 Å². The van der Waals surface area contributed by atoms with Crippen LogP contribution in [0.4, 0.5) is 0 Å². The number of aromatic nitrogens is 1. The molecule has 0 radical (unpaired) electrons. The zero-order valence-electron chi connectivity index (χ0n) is 16.3. The first kappa shape index (κ1) is 20.1. The summed E-state index contributed by atoms with van der Waals surface area (Å²) in [5.74, 6) is -0.529. The summed E-state index contributed by atoms with van der Waals surface area (Å²) in [7, 11) is -2.30. The molecule has 0 bridgehead atoms. The number of fused-ring (bicyclic) bond motifs is 1. The largest absolute Gasteiger partial charge is 0.383 e. The van der Waals surface area contributed by atoms with Gasteiger partial charge in [-0.25, -0.2) is 12.7 Å². The van der Waals surface area contributed by atoms with E-state index in [4.69, 9.17) is 4.74 Å². The minimum Gasteiger partial charge on any atom is -0.383 e. The van der Waals surface area contributed by atoms with Crippen molar-refractivity contribution in [2.75, 3.05) is 20.3 Å². The van der Waals surface area contributed by atoms with Crippen LogP contribution < -0.4 is 0 Å². The first-order chi connectivity index (χ1) is 13.4. The summed E-state index contributed by atoms with van der Waals surface area (Å²) in [6, 6.07) is 13.7. The summed E-state index contributed by atoms with van der Waals surface area (Å²) >= 11 is 0. The van der Waals surface area contributed by atoms with Crippen molar-refractivity contribution in [3.63, 3.8) is 0 Å². The number of carbonyl (C=O) groups excluding carboxylic acids is 1. The lowest BCUT2D eigenvalue weighted by Crippen LogP contribution is -2.36. The summed E-state index contributed by atoms with van der Waals surface area (Å²) in [5, 5.41) is 0.723. The first-order valence-corrected chi connectivity index (χ1v) is 10.5. The summed E-state index contributed by atoms with van der Waals surface area (Å²) in [4.78, 5) is 13.3. The van der Waals surface area contributed by atoms with Crippen LogP contribution in [0.2, 0.25) is 0 Å². The third-order valence-electron chi connectivity index (χ3n) is 4.70. The number of aryl methyl sites for hydroxylation is 1. The smallest absolute Gasteiger partial charge is 0.268 e. The number of amides is 1. The van der Waals surface area contributed by atoms with Gasteiger partial charge >= 0.3 is 0 Å². The zero-order chi connectivity index (χ0) is 20.3. The standard InChI is InChI=1S/C21H24N2O4S/c1-4-23(28(25,26)17-10-8-16(2)9-11-17)21(24)19-6-5-7-20-18(19)12-13-22(20)14-15-27-3/h5-13H,4,14-15H2,1-3H3. The molecule has 0 unspecified atom stereocenters. The number of hydrogen-bond donors (Lipinski definition) is 0. The average Bonchev–Trinajstić information content (AvgIpc) is 3.10. The van der Waals surface area contributed by atoms with Crippen LogP contribution in [-0.2, 0) is 21.3 Å². The molecule has 2 aromatic carbocycles. The van der Waals surface area contributed by atoms with Crippen molar-refractivity contribution in [1.82, 2.24) is 8.87 Å². The molecule has 0 aliphatic heterocycles. The normalized spacial score (nSPS) is 11.7. The quantitative estimate of drug-likeness (QED) is 0.609. The van der Waals surface area contributed by atoms with Crippen molar-refractivity contribution >= 4 is 26.8 Å². The summed E-state index contributed by atoms with van der Waals surface area (Å²) in [6.07, 6.45) is 1.88. The molecule has 3 rings (SSSR count). The summed E-state index contributed by atoms with van der Waals surface area (Å²) < 4.78 is 34.2.